The van der Waals surface area contributed by atoms with Crippen molar-refractivity contribution in [3.8, 4) is 11.5 Å². The highest BCUT2D eigenvalue weighted by Gasteiger charge is 2.27. The first kappa shape index (κ1) is 20.7. The molecule has 0 saturated carbocycles. The van der Waals surface area contributed by atoms with E-state index in [0.29, 0.717) is 37.1 Å². The van der Waals surface area contributed by atoms with E-state index in [4.69, 9.17) is 9.47 Å². The summed E-state index contributed by atoms with van der Waals surface area (Å²) in [5.74, 6) is 0.877. The first-order valence-electron chi connectivity index (χ1n) is 9.42. The zero-order valence-corrected chi connectivity index (χ0v) is 16.8. The molecule has 1 heterocycles. The number of halogens is 2. The van der Waals surface area contributed by atoms with Crippen molar-refractivity contribution in [2.45, 2.75) is 19.0 Å². The van der Waals surface area contributed by atoms with Gasteiger partial charge in [-0.05, 0) is 36.2 Å². The number of guanidine groups is 1. The summed E-state index contributed by atoms with van der Waals surface area (Å²) in [5.41, 5.74) is 1.04. The fraction of sp³-hybridized carbons (Fsp3) is 0.381. The Kier molecular flexibility index (Phi) is 6.74. The molecule has 1 aliphatic heterocycles. The summed E-state index contributed by atoms with van der Waals surface area (Å²) in [4.78, 5) is 5.97. The third-order valence-electron chi connectivity index (χ3n) is 4.91. The molecular formula is C21H26F2N4O2. The average Bonchev–Trinajstić information content (AvgIpc) is 3.18. The second-order valence-corrected chi connectivity index (χ2v) is 6.76. The Labute approximate surface area is 169 Å². The van der Waals surface area contributed by atoms with E-state index in [9.17, 15) is 8.78 Å². The molecule has 29 heavy (non-hydrogen) atoms. The molecule has 2 N–H and O–H groups in total. The molecule has 0 amide bonds. The molecule has 0 bridgehead atoms. The highest BCUT2D eigenvalue weighted by molar-refractivity contribution is 5.80. The molecule has 2 aromatic carbocycles. The van der Waals surface area contributed by atoms with E-state index in [-0.39, 0.29) is 11.7 Å². The minimum Gasteiger partial charge on any atom is -0.493 e. The van der Waals surface area contributed by atoms with E-state index in [1.165, 1.54) is 18.2 Å². The molecule has 1 atom stereocenters. The van der Waals surface area contributed by atoms with Gasteiger partial charge in [0, 0.05) is 32.7 Å². The summed E-state index contributed by atoms with van der Waals surface area (Å²) in [5, 5.41) is 6.58. The monoisotopic (exact) mass is 404 g/mol. The summed E-state index contributed by atoms with van der Waals surface area (Å²) in [6.07, 6.45) is 0.755. The predicted octanol–water partition coefficient (Wildman–Crippen LogP) is 2.93. The topological polar surface area (TPSA) is 58.1 Å². The maximum absolute atomic E-state index is 14.0. The number of benzene rings is 2. The SMILES string of the molecule is CN=C(NCc1ccc(OC)c(OC)c1)NC1CCN(c2c(F)cccc2F)C1. The molecule has 3 rings (SSSR count). The van der Waals surface area contributed by atoms with Gasteiger partial charge in [-0.25, -0.2) is 8.78 Å². The van der Waals surface area contributed by atoms with E-state index < -0.39 is 11.6 Å². The molecule has 1 aliphatic rings. The minimum absolute atomic E-state index is 0.0325. The lowest BCUT2D eigenvalue weighted by molar-refractivity contribution is 0.354. The Morgan fingerprint density at radius 3 is 2.52 bits per heavy atom. The number of nitrogens with one attached hydrogen (secondary N) is 2. The normalized spacial score (nSPS) is 16.7. The van der Waals surface area contributed by atoms with Crippen molar-refractivity contribution in [2.24, 2.45) is 4.99 Å². The Morgan fingerprint density at radius 1 is 1.14 bits per heavy atom. The second-order valence-electron chi connectivity index (χ2n) is 6.76. The van der Waals surface area contributed by atoms with E-state index in [0.717, 1.165) is 12.0 Å². The van der Waals surface area contributed by atoms with E-state index in [1.807, 2.05) is 18.2 Å². The van der Waals surface area contributed by atoms with Crippen molar-refractivity contribution in [1.82, 2.24) is 10.6 Å². The van der Waals surface area contributed by atoms with Gasteiger partial charge < -0.3 is 25.0 Å². The highest BCUT2D eigenvalue weighted by Crippen LogP contribution is 2.28. The lowest BCUT2D eigenvalue weighted by Crippen LogP contribution is -2.44. The van der Waals surface area contributed by atoms with Crippen LogP contribution < -0.4 is 25.0 Å². The van der Waals surface area contributed by atoms with Crippen LogP contribution in [-0.2, 0) is 6.54 Å². The van der Waals surface area contributed by atoms with Crippen LogP contribution in [0.3, 0.4) is 0 Å². The van der Waals surface area contributed by atoms with Crippen molar-refractivity contribution in [3.05, 3.63) is 53.6 Å². The van der Waals surface area contributed by atoms with Crippen LogP contribution in [0.15, 0.2) is 41.4 Å². The van der Waals surface area contributed by atoms with Crippen LogP contribution in [0.2, 0.25) is 0 Å². The van der Waals surface area contributed by atoms with Gasteiger partial charge in [-0.2, -0.15) is 0 Å². The fourth-order valence-electron chi connectivity index (χ4n) is 3.44. The summed E-state index contributed by atoms with van der Waals surface area (Å²) >= 11 is 0. The van der Waals surface area contributed by atoms with Gasteiger partial charge in [-0.1, -0.05) is 12.1 Å². The van der Waals surface area contributed by atoms with Crippen LogP contribution in [0.25, 0.3) is 0 Å². The lowest BCUT2D eigenvalue weighted by atomic mass is 10.2. The molecule has 2 aromatic rings. The van der Waals surface area contributed by atoms with Crippen LogP contribution in [0, 0.1) is 11.6 Å². The van der Waals surface area contributed by atoms with Crippen LogP contribution in [-0.4, -0.2) is 46.4 Å². The van der Waals surface area contributed by atoms with E-state index in [1.54, 1.807) is 26.2 Å². The molecular weight excluding hydrogens is 378 g/mol. The number of nitrogens with zero attached hydrogens (tertiary/aromatic N) is 2. The van der Waals surface area contributed by atoms with Crippen LogP contribution >= 0.6 is 0 Å². The van der Waals surface area contributed by atoms with Gasteiger partial charge >= 0.3 is 0 Å². The van der Waals surface area contributed by atoms with Gasteiger partial charge in [0.2, 0.25) is 0 Å². The minimum atomic E-state index is -0.540. The molecule has 156 valence electrons. The maximum atomic E-state index is 14.0. The van der Waals surface area contributed by atoms with Crippen molar-refractivity contribution >= 4 is 11.6 Å². The molecule has 0 radical (unpaired) electrons. The number of anilines is 1. The maximum Gasteiger partial charge on any atom is 0.191 e. The highest BCUT2D eigenvalue weighted by atomic mass is 19.1. The zero-order valence-electron chi connectivity index (χ0n) is 16.8. The van der Waals surface area contributed by atoms with Gasteiger partial charge in [0.1, 0.15) is 17.3 Å². The largest absolute Gasteiger partial charge is 0.493 e. The average molecular weight is 404 g/mol. The molecule has 0 aromatic heterocycles. The fourth-order valence-corrected chi connectivity index (χ4v) is 3.44. The third kappa shape index (κ3) is 4.88. The van der Waals surface area contributed by atoms with Crippen LogP contribution in [0.5, 0.6) is 11.5 Å². The Morgan fingerprint density at radius 2 is 1.86 bits per heavy atom. The van der Waals surface area contributed by atoms with Crippen molar-refractivity contribution in [2.75, 3.05) is 39.3 Å². The predicted molar refractivity (Wildman–Crippen MR) is 110 cm³/mol. The van der Waals surface area contributed by atoms with Gasteiger partial charge in [0.05, 0.1) is 14.2 Å². The molecule has 1 saturated heterocycles. The standard InChI is InChI=1S/C21H26F2N4O2/c1-24-21(25-12-14-7-8-18(28-2)19(11-14)29-3)26-15-9-10-27(13-15)20-16(22)5-4-6-17(20)23/h4-8,11,15H,9-10,12-13H2,1-3H3,(H2,24,25,26). The van der Waals surface area contributed by atoms with Gasteiger partial charge in [0.15, 0.2) is 17.5 Å². The third-order valence-corrected chi connectivity index (χ3v) is 4.91. The first-order chi connectivity index (χ1) is 14.0. The molecule has 1 unspecified atom stereocenters. The van der Waals surface area contributed by atoms with Gasteiger partial charge in [-0.3, -0.25) is 4.99 Å². The first-order valence-corrected chi connectivity index (χ1v) is 9.42. The Balaban J connectivity index is 1.57. The lowest BCUT2D eigenvalue weighted by Gasteiger charge is -2.21. The van der Waals surface area contributed by atoms with Crippen LogP contribution in [0.1, 0.15) is 12.0 Å². The molecule has 0 spiro atoms. The van der Waals surface area contributed by atoms with Gasteiger partial charge in [-0.15, -0.1) is 0 Å². The van der Waals surface area contributed by atoms with Crippen LogP contribution in [0.4, 0.5) is 14.5 Å². The molecule has 6 nitrogen and oxygen atoms in total. The number of rotatable bonds is 6. The summed E-state index contributed by atoms with van der Waals surface area (Å²) in [7, 11) is 4.88. The molecule has 0 aliphatic carbocycles. The van der Waals surface area contributed by atoms with E-state index >= 15 is 0 Å². The number of aliphatic imine (C=N–C) groups is 1. The van der Waals surface area contributed by atoms with Crippen molar-refractivity contribution in [1.29, 1.82) is 0 Å². The number of ether oxygens (including phenoxy) is 2. The Bertz CT molecular complexity index is 856. The van der Waals surface area contributed by atoms with Crippen molar-refractivity contribution < 1.29 is 18.3 Å². The summed E-state index contributed by atoms with van der Waals surface area (Å²) < 4.78 is 38.6. The van der Waals surface area contributed by atoms with Crippen molar-refractivity contribution in [3.63, 3.8) is 0 Å². The zero-order chi connectivity index (χ0) is 20.8. The summed E-state index contributed by atoms with van der Waals surface area (Å²) in [6, 6.07) is 9.66. The number of methoxy groups -OCH3 is 2. The second kappa shape index (κ2) is 9.45. The quantitative estimate of drug-likeness (QED) is 0.573. The smallest absolute Gasteiger partial charge is 0.191 e. The molecule has 8 heteroatoms. The summed E-state index contributed by atoms with van der Waals surface area (Å²) in [6.45, 7) is 1.61. The number of hydrogen-bond acceptors (Lipinski definition) is 4. The number of hydrogen-bond donors (Lipinski definition) is 2. The van der Waals surface area contributed by atoms with E-state index in [2.05, 4.69) is 15.6 Å². The number of para-hydroxylation sites is 1. The molecule has 1 fully saturated rings. The van der Waals surface area contributed by atoms with Gasteiger partial charge in [0.25, 0.3) is 0 Å². The Hall–Kier alpha value is -3.03.